The molecule has 1 aliphatic heterocycles. The first-order valence-corrected chi connectivity index (χ1v) is 9.06. The summed E-state index contributed by atoms with van der Waals surface area (Å²) < 4.78 is 0. The molecule has 0 bridgehead atoms. The minimum absolute atomic E-state index is 0.165. The molecular formula is C23H25NO3. The Hall–Kier alpha value is -2.88. The Labute approximate surface area is 160 Å². The summed E-state index contributed by atoms with van der Waals surface area (Å²) in [5.74, 6) is -1.23. The molecule has 1 aliphatic rings. The van der Waals surface area contributed by atoms with Crippen LogP contribution < -0.4 is 4.90 Å². The maximum Gasteiger partial charge on any atom is 0.294 e. The topological polar surface area (TPSA) is 57.6 Å². The molecule has 1 atom stereocenters. The Morgan fingerprint density at radius 2 is 1.63 bits per heavy atom. The molecule has 2 aromatic rings. The predicted octanol–water partition coefficient (Wildman–Crippen LogP) is 4.82. The maximum atomic E-state index is 13.1. The summed E-state index contributed by atoms with van der Waals surface area (Å²) in [7, 11) is 0. The zero-order chi connectivity index (χ0) is 19.9. The van der Waals surface area contributed by atoms with E-state index < -0.39 is 23.1 Å². The van der Waals surface area contributed by atoms with Crippen LogP contribution >= 0.6 is 0 Å². The lowest BCUT2D eigenvalue weighted by molar-refractivity contribution is -0.123. The van der Waals surface area contributed by atoms with Gasteiger partial charge in [0, 0.05) is 11.1 Å². The van der Waals surface area contributed by atoms with Crippen molar-refractivity contribution in [3.05, 3.63) is 76.6 Å². The van der Waals surface area contributed by atoms with Crippen molar-refractivity contribution in [1.29, 1.82) is 0 Å². The van der Waals surface area contributed by atoms with Crippen molar-refractivity contribution in [2.24, 2.45) is 5.41 Å². The van der Waals surface area contributed by atoms with E-state index in [4.69, 9.17) is 0 Å². The molecule has 4 heteroatoms. The van der Waals surface area contributed by atoms with Gasteiger partial charge in [0.25, 0.3) is 5.91 Å². The average Bonchev–Trinajstić information content (AvgIpc) is 2.86. The number of benzene rings is 2. The van der Waals surface area contributed by atoms with Crippen LogP contribution in [0.15, 0.2) is 59.9 Å². The lowest BCUT2D eigenvalue weighted by Crippen LogP contribution is -2.32. The highest BCUT2D eigenvalue weighted by Gasteiger charge is 2.46. The number of ketones is 1. The van der Waals surface area contributed by atoms with Crippen molar-refractivity contribution in [2.75, 3.05) is 4.90 Å². The van der Waals surface area contributed by atoms with Crippen LogP contribution in [-0.4, -0.2) is 16.8 Å². The number of aliphatic hydroxyl groups excluding tert-OH is 1. The van der Waals surface area contributed by atoms with Crippen LogP contribution in [0.2, 0.25) is 0 Å². The fourth-order valence-electron chi connectivity index (χ4n) is 3.37. The number of Topliss-reactive ketones (excluding diaryl/α,β-unsaturated/α-hetero) is 1. The van der Waals surface area contributed by atoms with Crippen LogP contribution in [0, 0.1) is 19.3 Å². The van der Waals surface area contributed by atoms with Crippen LogP contribution in [-0.2, 0) is 9.59 Å². The number of rotatable bonds is 3. The molecule has 4 nitrogen and oxygen atoms in total. The summed E-state index contributed by atoms with van der Waals surface area (Å²) in [5, 5.41) is 10.6. The molecule has 140 valence electrons. The van der Waals surface area contributed by atoms with E-state index in [2.05, 4.69) is 0 Å². The number of aryl methyl sites for hydroxylation is 2. The first kappa shape index (κ1) is 18.9. The molecule has 1 N–H and O–H groups in total. The van der Waals surface area contributed by atoms with E-state index in [0.717, 1.165) is 16.7 Å². The van der Waals surface area contributed by atoms with Crippen molar-refractivity contribution >= 4 is 17.4 Å². The molecule has 0 radical (unpaired) electrons. The molecule has 0 spiro atoms. The third kappa shape index (κ3) is 3.39. The molecule has 1 heterocycles. The summed E-state index contributed by atoms with van der Waals surface area (Å²) in [5.41, 5.74) is 3.01. The number of hydrogen-bond donors (Lipinski definition) is 1. The number of anilines is 1. The molecule has 1 amide bonds. The quantitative estimate of drug-likeness (QED) is 0.851. The van der Waals surface area contributed by atoms with Crippen molar-refractivity contribution in [1.82, 2.24) is 0 Å². The molecular weight excluding hydrogens is 338 g/mol. The SMILES string of the molecule is Cc1ccc(N2C(=O)C(O)=C(C(=O)C(C)(C)C)C2c2cccc(C)c2)cc1. The molecule has 0 aliphatic carbocycles. The third-order valence-corrected chi connectivity index (χ3v) is 4.80. The van der Waals surface area contributed by atoms with Crippen LogP contribution in [0.5, 0.6) is 0 Å². The average molecular weight is 363 g/mol. The van der Waals surface area contributed by atoms with Gasteiger partial charge in [0.2, 0.25) is 0 Å². The number of amides is 1. The lowest BCUT2D eigenvalue weighted by atomic mass is 9.82. The predicted molar refractivity (Wildman–Crippen MR) is 107 cm³/mol. The molecule has 0 saturated carbocycles. The highest BCUT2D eigenvalue weighted by molar-refractivity contribution is 6.17. The summed E-state index contributed by atoms with van der Waals surface area (Å²) in [6.07, 6.45) is 0. The Bertz CT molecular complexity index is 933. The fraction of sp³-hybridized carbons (Fsp3) is 0.304. The standard InChI is InChI=1S/C23H25NO3/c1-14-9-11-17(12-10-14)24-19(16-8-6-7-15(2)13-16)18(20(25)22(24)27)21(26)23(3,4)5/h6-13,19,25H,1-5H3. The van der Waals surface area contributed by atoms with Gasteiger partial charge in [0.1, 0.15) is 0 Å². The van der Waals surface area contributed by atoms with Gasteiger partial charge in [-0.15, -0.1) is 0 Å². The number of aliphatic hydroxyl groups is 1. The highest BCUT2D eigenvalue weighted by atomic mass is 16.3. The second-order valence-corrected chi connectivity index (χ2v) is 8.17. The van der Waals surface area contributed by atoms with E-state index in [1.54, 1.807) is 20.8 Å². The molecule has 0 saturated heterocycles. The number of nitrogens with zero attached hydrogens (tertiary/aromatic N) is 1. The Balaban J connectivity index is 2.21. The van der Waals surface area contributed by atoms with E-state index in [1.165, 1.54) is 4.90 Å². The molecule has 1 unspecified atom stereocenters. The monoisotopic (exact) mass is 363 g/mol. The van der Waals surface area contributed by atoms with Gasteiger partial charge in [0.15, 0.2) is 11.5 Å². The van der Waals surface area contributed by atoms with Gasteiger partial charge in [-0.3, -0.25) is 14.5 Å². The van der Waals surface area contributed by atoms with Gasteiger partial charge in [0.05, 0.1) is 11.6 Å². The molecule has 2 aromatic carbocycles. The third-order valence-electron chi connectivity index (χ3n) is 4.80. The zero-order valence-corrected chi connectivity index (χ0v) is 16.4. The number of carbonyl (C=O) groups excluding carboxylic acids is 2. The summed E-state index contributed by atoms with van der Waals surface area (Å²) in [6, 6.07) is 14.6. The first-order valence-electron chi connectivity index (χ1n) is 9.06. The number of hydrogen-bond acceptors (Lipinski definition) is 3. The number of carbonyl (C=O) groups is 2. The zero-order valence-electron chi connectivity index (χ0n) is 16.4. The van der Waals surface area contributed by atoms with E-state index in [-0.39, 0.29) is 11.4 Å². The van der Waals surface area contributed by atoms with Crippen LogP contribution in [0.4, 0.5) is 5.69 Å². The van der Waals surface area contributed by atoms with Crippen molar-refractivity contribution < 1.29 is 14.7 Å². The second kappa shape index (κ2) is 6.69. The highest BCUT2D eigenvalue weighted by Crippen LogP contribution is 2.43. The van der Waals surface area contributed by atoms with E-state index in [1.807, 2.05) is 62.4 Å². The normalized spacial score (nSPS) is 17.6. The van der Waals surface area contributed by atoms with Crippen molar-refractivity contribution in [2.45, 2.75) is 40.7 Å². The molecule has 27 heavy (non-hydrogen) atoms. The van der Waals surface area contributed by atoms with Crippen LogP contribution in [0.1, 0.15) is 43.5 Å². The van der Waals surface area contributed by atoms with Gasteiger partial charge in [-0.2, -0.15) is 0 Å². The van der Waals surface area contributed by atoms with Gasteiger partial charge < -0.3 is 5.11 Å². The van der Waals surface area contributed by atoms with E-state index >= 15 is 0 Å². The summed E-state index contributed by atoms with van der Waals surface area (Å²) in [6.45, 7) is 9.31. The smallest absolute Gasteiger partial charge is 0.294 e. The largest absolute Gasteiger partial charge is 0.503 e. The first-order chi connectivity index (χ1) is 12.6. The lowest BCUT2D eigenvalue weighted by Gasteiger charge is -2.29. The minimum atomic E-state index is -0.713. The van der Waals surface area contributed by atoms with E-state index in [9.17, 15) is 14.7 Å². The fourth-order valence-corrected chi connectivity index (χ4v) is 3.37. The van der Waals surface area contributed by atoms with Gasteiger partial charge in [-0.25, -0.2) is 0 Å². The Kier molecular flexibility index (Phi) is 4.68. The molecule has 0 aromatic heterocycles. The second-order valence-electron chi connectivity index (χ2n) is 8.17. The van der Waals surface area contributed by atoms with Crippen molar-refractivity contribution in [3.8, 4) is 0 Å². The minimum Gasteiger partial charge on any atom is -0.503 e. The summed E-state index contributed by atoms with van der Waals surface area (Å²) in [4.78, 5) is 27.6. The van der Waals surface area contributed by atoms with Gasteiger partial charge >= 0.3 is 0 Å². The van der Waals surface area contributed by atoms with Gasteiger partial charge in [-0.05, 0) is 31.5 Å². The van der Waals surface area contributed by atoms with E-state index in [0.29, 0.717) is 5.69 Å². The Morgan fingerprint density at radius 1 is 1.00 bits per heavy atom. The van der Waals surface area contributed by atoms with Crippen LogP contribution in [0.3, 0.4) is 0 Å². The maximum absolute atomic E-state index is 13.1. The van der Waals surface area contributed by atoms with Gasteiger partial charge in [-0.1, -0.05) is 68.3 Å². The molecule has 3 rings (SSSR count). The Morgan fingerprint density at radius 3 is 2.19 bits per heavy atom. The molecule has 0 fully saturated rings. The van der Waals surface area contributed by atoms with Crippen molar-refractivity contribution in [3.63, 3.8) is 0 Å². The van der Waals surface area contributed by atoms with Crippen LogP contribution in [0.25, 0.3) is 0 Å². The summed E-state index contributed by atoms with van der Waals surface area (Å²) >= 11 is 0.